The van der Waals surface area contributed by atoms with Crippen LogP contribution in [0.1, 0.15) is 29.7 Å². The smallest absolute Gasteiger partial charge is 0.249 e. The van der Waals surface area contributed by atoms with Crippen LogP contribution in [-0.2, 0) is 27.3 Å². The molecule has 1 N–H and O–H groups in total. The van der Waals surface area contributed by atoms with Gasteiger partial charge in [0.15, 0.2) is 0 Å². The Bertz CT molecular complexity index is 1330. The zero-order valence-electron chi connectivity index (χ0n) is 20.8. The van der Waals surface area contributed by atoms with E-state index in [1.54, 1.807) is 16.7 Å². The lowest BCUT2D eigenvalue weighted by Gasteiger charge is -2.32. The van der Waals surface area contributed by atoms with Crippen LogP contribution in [-0.4, -0.2) is 47.1 Å². The lowest BCUT2D eigenvalue weighted by atomic mass is 9.99. The third kappa shape index (κ3) is 5.44. The van der Waals surface area contributed by atoms with Crippen LogP contribution < -0.4 is 10.2 Å². The standard InChI is InChI=1S/C28H31N5O3/c1-4-21-13-15-22(16-14-21)27(28(35)29-17-18-36-3)33(24-11-7-5-9-20(24)2)26(34)19-32-25-12-8-6-10-23(25)30-31-32/h5-16,27H,4,17-19H2,1-3H3,(H,29,35)/t27-/m1/s1. The highest BCUT2D eigenvalue weighted by Gasteiger charge is 2.33. The molecule has 0 aliphatic heterocycles. The van der Waals surface area contributed by atoms with Crippen LogP contribution in [0.15, 0.2) is 72.8 Å². The van der Waals surface area contributed by atoms with Gasteiger partial charge in [-0.1, -0.05) is 66.7 Å². The van der Waals surface area contributed by atoms with E-state index in [9.17, 15) is 9.59 Å². The summed E-state index contributed by atoms with van der Waals surface area (Å²) < 4.78 is 6.69. The molecule has 1 aromatic heterocycles. The monoisotopic (exact) mass is 485 g/mol. The lowest BCUT2D eigenvalue weighted by molar-refractivity contribution is -0.127. The molecule has 3 aromatic carbocycles. The minimum absolute atomic E-state index is 0.0657. The first-order valence-electron chi connectivity index (χ1n) is 12.0. The van der Waals surface area contributed by atoms with Crippen molar-refractivity contribution in [3.63, 3.8) is 0 Å². The SMILES string of the molecule is CCc1ccc([C@H](C(=O)NCCOC)N(C(=O)Cn2nnc3ccccc32)c2ccccc2C)cc1. The number of benzene rings is 3. The van der Waals surface area contributed by atoms with Crippen molar-refractivity contribution in [2.24, 2.45) is 0 Å². The molecule has 1 atom stereocenters. The number of hydrogen-bond donors (Lipinski definition) is 1. The number of amides is 2. The van der Waals surface area contributed by atoms with Gasteiger partial charge in [0.05, 0.1) is 12.1 Å². The number of carbonyl (C=O) groups excluding carboxylic acids is 2. The number of methoxy groups -OCH3 is 1. The highest BCUT2D eigenvalue weighted by atomic mass is 16.5. The Morgan fingerprint density at radius 1 is 1.03 bits per heavy atom. The molecule has 0 radical (unpaired) electrons. The van der Waals surface area contributed by atoms with Crippen LogP contribution in [0.2, 0.25) is 0 Å². The van der Waals surface area contributed by atoms with Gasteiger partial charge < -0.3 is 10.1 Å². The molecular formula is C28H31N5O3. The number of aryl methyl sites for hydroxylation is 2. The van der Waals surface area contributed by atoms with Crippen molar-refractivity contribution in [1.29, 1.82) is 0 Å². The van der Waals surface area contributed by atoms with E-state index >= 15 is 0 Å². The van der Waals surface area contributed by atoms with Crippen molar-refractivity contribution in [3.8, 4) is 0 Å². The fraction of sp³-hybridized carbons (Fsp3) is 0.286. The molecule has 0 aliphatic rings. The number of hydrogen-bond acceptors (Lipinski definition) is 5. The van der Waals surface area contributed by atoms with Crippen molar-refractivity contribution in [2.75, 3.05) is 25.2 Å². The van der Waals surface area contributed by atoms with Crippen molar-refractivity contribution in [2.45, 2.75) is 32.9 Å². The molecule has 4 rings (SSSR count). The average Bonchev–Trinajstić information content (AvgIpc) is 3.30. The van der Waals surface area contributed by atoms with Crippen molar-refractivity contribution < 1.29 is 14.3 Å². The van der Waals surface area contributed by atoms with Crippen molar-refractivity contribution in [1.82, 2.24) is 20.3 Å². The molecule has 8 nitrogen and oxygen atoms in total. The van der Waals surface area contributed by atoms with E-state index in [-0.39, 0.29) is 18.4 Å². The van der Waals surface area contributed by atoms with Gasteiger partial charge in [0, 0.05) is 19.3 Å². The summed E-state index contributed by atoms with van der Waals surface area (Å²) in [6, 6.07) is 22.0. The first-order chi connectivity index (χ1) is 17.5. The molecule has 1 heterocycles. The molecule has 4 aromatic rings. The lowest BCUT2D eigenvalue weighted by Crippen LogP contribution is -2.46. The normalized spacial score (nSPS) is 11.9. The van der Waals surface area contributed by atoms with E-state index in [0.717, 1.165) is 28.6 Å². The predicted octanol–water partition coefficient (Wildman–Crippen LogP) is 3.84. The molecule has 0 aliphatic carbocycles. The summed E-state index contributed by atoms with van der Waals surface area (Å²) >= 11 is 0. The molecule has 8 heteroatoms. The van der Waals surface area contributed by atoms with Crippen LogP contribution in [0, 0.1) is 6.92 Å². The highest BCUT2D eigenvalue weighted by Crippen LogP contribution is 2.31. The number of fused-ring (bicyclic) bond motifs is 1. The van der Waals surface area contributed by atoms with Gasteiger partial charge in [-0.25, -0.2) is 4.68 Å². The van der Waals surface area contributed by atoms with Gasteiger partial charge in [-0.15, -0.1) is 5.10 Å². The van der Waals surface area contributed by atoms with Gasteiger partial charge in [0.1, 0.15) is 18.1 Å². The number of nitrogens with zero attached hydrogens (tertiary/aromatic N) is 4. The fourth-order valence-corrected chi connectivity index (χ4v) is 4.22. The minimum Gasteiger partial charge on any atom is -0.383 e. The van der Waals surface area contributed by atoms with Gasteiger partial charge in [-0.2, -0.15) is 0 Å². The third-order valence-corrected chi connectivity index (χ3v) is 6.16. The molecule has 0 bridgehead atoms. The second-order valence-corrected chi connectivity index (χ2v) is 8.57. The number of rotatable bonds is 10. The zero-order chi connectivity index (χ0) is 25.5. The first-order valence-corrected chi connectivity index (χ1v) is 12.0. The van der Waals surface area contributed by atoms with Crippen molar-refractivity contribution >= 4 is 28.5 Å². The Kier molecular flexibility index (Phi) is 8.07. The van der Waals surface area contributed by atoms with Gasteiger partial charge in [-0.3, -0.25) is 14.5 Å². The van der Waals surface area contributed by atoms with Crippen LogP contribution in [0.5, 0.6) is 0 Å². The second-order valence-electron chi connectivity index (χ2n) is 8.57. The number of nitrogens with one attached hydrogen (secondary N) is 1. The third-order valence-electron chi connectivity index (χ3n) is 6.16. The van der Waals surface area contributed by atoms with Crippen LogP contribution in [0.25, 0.3) is 11.0 Å². The van der Waals surface area contributed by atoms with Gasteiger partial charge in [0.25, 0.3) is 0 Å². The molecule has 36 heavy (non-hydrogen) atoms. The molecular weight excluding hydrogens is 454 g/mol. The Morgan fingerprint density at radius 2 is 1.75 bits per heavy atom. The molecule has 186 valence electrons. The first kappa shape index (κ1) is 25.1. The number of carbonyl (C=O) groups is 2. The van der Waals surface area contributed by atoms with E-state index in [1.807, 2.05) is 79.7 Å². The van der Waals surface area contributed by atoms with Gasteiger partial charge >= 0.3 is 0 Å². The maximum Gasteiger partial charge on any atom is 0.249 e. The van der Waals surface area contributed by atoms with Gasteiger partial charge in [0.2, 0.25) is 11.8 Å². The summed E-state index contributed by atoms with van der Waals surface area (Å²) in [5.41, 5.74) is 4.88. The van der Waals surface area contributed by atoms with Gasteiger partial charge in [-0.05, 0) is 48.2 Å². The zero-order valence-corrected chi connectivity index (χ0v) is 20.8. The highest BCUT2D eigenvalue weighted by molar-refractivity contribution is 6.02. The number of ether oxygens (including phenoxy) is 1. The Morgan fingerprint density at radius 3 is 2.47 bits per heavy atom. The summed E-state index contributed by atoms with van der Waals surface area (Å²) in [7, 11) is 1.58. The summed E-state index contributed by atoms with van der Waals surface area (Å²) in [6.45, 7) is 4.65. The summed E-state index contributed by atoms with van der Waals surface area (Å²) in [4.78, 5) is 29.2. The van der Waals surface area contributed by atoms with E-state index < -0.39 is 6.04 Å². The molecule has 2 amide bonds. The topological polar surface area (TPSA) is 89.4 Å². The molecule has 0 unspecified atom stereocenters. The minimum atomic E-state index is -0.879. The largest absolute Gasteiger partial charge is 0.383 e. The average molecular weight is 486 g/mol. The van der Waals surface area contributed by atoms with Crippen LogP contribution >= 0.6 is 0 Å². The van der Waals surface area contributed by atoms with E-state index in [0.29, 0.717) is 24.4 Å². The maximum absolute atomic E-state index is 14.0. The Labute approximate surface area is 210 Å². The van der Waals surface area contributed by atoms with E-state index in [1.165, 1.54) is 0 Å². The summed E-state index contributed by atoms with van der Waals surface area (Å²) in [6.07, 6.45) is 0.880. The second kappa shape index (κ2) is 11.6. The van der Waals surface area contributed by atoms with E-state index in [2.05, 4.69) is 22.6 Å². The summed E-state index contributed by atoms with van der Waals surface area (Å²) in [5, 5.41) is 11.3. The molecule has 0 spiro atoms. The number of anilines is 1. The fourth-order valence-electron chi connectivity index (χ4n) is 4.22. The Balaban J connectivity index is 1.79. The van der Waals surface area contributed by atoms with E-state index in [4.69, 9.17) is 4.74 Å². The number of aromatic nitrogens is 3. The molecule has 0 fully saturated rings. The maximum atomic E-state index is 14.0. The van der Waals surface area contributed by atoms with Crippen LogP contribution in [0.4, 0.5) is 5.69 Å². The van der Waals surface area contributed by atoms with Crippen LogP contribution in [0.3, 0.4) is 0 Å². The Hall–Kier alpha value is -4.04. The summed E-state index contributed by atoms with van der Waals surface area (Å²) in [5.74, 6) is -0.553. The predicted molar refractivity (Wildman–Crippen MR) is 140 cm³/mol. The quantitative estimate of drug-likeness (QED) is 0.345. The van der Waals surface area contributed by atoms with Crippen molar-refractivity contribution in [3.05, 3.63) is 89.5 Å². The molecule has 0 saturated heterocycles. The molecule has 0 saturated carbocycles. The number of para-hydroxylation sites is 2.